The summed E-state index contributed by atoms with van der Waals surface area (Å²) in [5.74, 6) is 0.460. The lowest BCUT2D eigenvalue weighted by Crippen LogP contribution is -2.36. The van der Waals surface area contributed by atoms with Gasteiger partial charge in [-0.25, -0.2) is 4.98 Å². The zero-order chi connectivity index (χ0) is 11.5. The van der Waals surface area contributed by atoms with Crippen LogP contribution >= 0.6 is 0 Å². The summed E-state index contributed by atoms with van der Waals surface area (Å²) in [5, 5.41) is 2.87. The molecule has 1 aromatic heterocycles. The first-order valence-corrected chi connectivity index (χ1v) is 5.20. The van der Waals surface area contributed by atoms with Gasteiger partial charge in [0.2, 0.25) is 5.91 Å². The van der Waals surface area contributed by atoms with Crippen molar-refractivity contribution in [3.05, 3.63) is 22.7 Å². The van der Waals surface area contributed by atoms with E-state index in [-0.39, 0.29) is 18.0 Å². The van der Waals surface area contributed by atoms with Crippen molar-refractivity contribution in [2.45, 2.75) is 18.9 Å². The molecule has 16 heavy (non-hydrogen) atoms. The fourth-order valence-electron chi connectivity index (χ4n) is 1.36. The molecule has 6 nitrogen and oxygen atoms in total. The third-order valence-electron chi connectivity index (χ3n) is 2.38. The maximum absolute atomic E-state index is 11.5. The van der Waals surface area contributed by atoms with Gasteiger partial charge in [0.1, 0.15) is 5.82 Å². The van der Waals surface area contributed by atoms with Crippen molar-refractivity contribution in [3.8, 4) is 0 Å². The van der Waals surface area contributed by atoms with Gasteiger partial charge >= 0.3 is 0 Å². The summed E-state index contributed by atoms with van der Waals surface area (Å²) in [4.78, 5) is 30.6. The molecular formula is C10H14N4O2. The van der Waals surface area contributed by atoms with Crippen LogP contribution in [-0.2, 0) is 4.79 Å². The number of nitrogens with zero attached hydrogens (tertiary/aromatic N) is 2. The van der Waals surface area contributed by atoms with Gasteiger partial charge in [0.25, 0.3) is 5.56 Å². The fourth-order valence-corrected chi connectivity index (χ4v) is 1.36. The number of amides is 1. The van der Waals surface area contributed by atoms with Crippen LogP contribution in [0.2, 0.25) is 0 Å². The van der Waals surface area contributed by atoms with Gasteiger partial charge in [0, 0.05) is 19.2 Å². The number of hydrogen-bond acceptors (Lipinski definition) is 4. The molecule has 2 rings (SSSR count). The first-order chi connectivity index (χ1) is 7.65. The predicted octanol–water partition coefficient (Wildman–Crippen LogP) is -0.515. The number of H-pyrrole nitrogens is 1. The molecular weight excluding hydrogens is 208 g/mol. The maximum atomic E-state index is 11.5. The number of nitrogens with one attached hydrogen (secondary N) is 2. The zero-order valence-corrected chi connectivity index (χ0v) is 9.06. The molecule has 1 fully saturated rings. The van der Waals surface area contributed by atoms with Gasteiger partial charge in [-0.05, 0) is 12.8 Å². The second kappa shape index (κ2) is 4.34. The van der Waals surface area contributed by atoms with E-state index in [2.05, 4.69) is 15.3 Å². The summed E-state index contributed by atoms with van der Waals surface area (Å²) in [6, 6.07) is 1.72. The predicted molar refractivity (Wildman–Crippen MR) is 59.3 cm³/mol. The van der Waals surface area contributed by atoms with Crippen LogP contribution in [-0.4, -0.2) is 35.5 Å². The average molecular weight is 222 g/mol. The van der Waals surface area contributed by atoms with Crippen LogP contribution in [0.25, 0.3) is 0 Å². The Morgan fingerprint density at radius 3 is 3.06 bits per heavy atom. The van der Waals surface area contributed by atoms with Gasteiger partial charge in [-0.1, -0.05) is 0 Å². The Labute approximate surface area is 92.7 Å². The highest BCUT2D eigenvalue weighted by molar-refractivity contribution is 5.81. The summed E-state index contributed by atoms with van der Waals surface area (Å²) in [7, 11) is 1.73. The Balaban J connectivity index is 1.93. The zero-order valence-electron chi connectivity index (χ0n) is 9.06. The van der Waals surface area contributed by atoms with Gasteiger partial charge in [0.05, 0.1) is 12.9 Å². The molecule has 0 spiro atoms. The lowest BCUT2D eigenvalue weighted by molar-refractivity contribution is -0.119. The van der Waals surface area contributed by atoms with Crippen molar-refractivity contribution in [1.82, 2.24) is 15.3 Å². The molecule has 0 atom stereocenters. The van der Waals surface area contributed by atoms with Crippen molar-refractivity contribution in [2.75, 3.05) is 18.5 Å². The molecule has 86 valence electrons. The summed E-state index contributed by atoms with van der Waals surface area (Å²) >= 11 is 0. The van der Waals surface area contributed by atoms with E-state index < -0.39 is 0 Å². The van der Waals surface area contributed by atoms with E-state index in [4.69, 9.17) is 0 Å². The molecule has 0 saturated heterocycles. The fraction of sp³-hybridized carbons (Fsp3) is 0.500. The minimum atomic E-state index is -0.223. The largest absolute Gasteiger partial charge is 0.352 e. The minimum Gasteiger partial charge on any atom is -0.352 e. The summed E-state index contributed by atoms with van der Waals surface area (Å²) in [5.41, 5.74) is -0.223. The van der Waals surface area contributed by atoms with E-state index in [9.17, 15) is 9.59 Å². The van der Waals surface area contributed by atoms with E-state index in [1.165, 1.54) is 12.4 Å². The number of hydrogen-bond donors (Lipinski definition) is 2. The molecule has 6 heteroatoms. The molecule has 0 bridgehead atoms. The lowest BCUT2D eigenvalue weighted by atomic mass is 10.4. The molecule has 1 saturated carbocycles. The van der Waals surface area contributed by atoms with Crippen molar-refractivity contribution in [3.63, 3.8) is 0 Å². The van der Waals surface area contributed by atoms with Crippen molar-refractivity contribution >= 4 is 11.7 Å². The quantitative estimate of drug-likeness (QED) is 0.719. The molecule has 1 aliphatic rings. The highest BCUT2D eigenvalue weighted by Gasteiger charge is 2.23. The average Bonchev–Trinajstić information content (AvgIpc) is 3.01. The van der Waals surface area contributed by atoms with Gasteiger partial charge in [0.15, 0.2) is 0 Å². The number of likely N-dealkylation sites (N-methyl/N-ethyl adjacent to an activating group) is 1. The van der Waals surface area contributed by atoms with E-state index in [0.29, 0.717) is 11.9 Å². The third-order valence-corrected chi connectivity index (χ3v) is 2.38. The van der Waals surface area contributed by atoms with Crippen molar-refractivity contribution < 1.29 is 4.79 Å². The molecule has 1 aromatic rings. The van der Waals surface area contributed by atoms with E-state index in [0.717, 1.165) is 12.8 Å². The van der Waals surface area contributed by atoms with Crippen LogP contribution in [0.3, 0.4) is 0 Å². The molecule has 0 aliphatic heterocycles. The summed E-state index contributed by atoms with van der Waals surface area (Å²) in [6.07, 6.45) is 3.46. The van der Waals surface area contributed by atoms with Crippen LogP contribution in [0.4, 0.5) is 5.82 Å². The first kappa shape index (κ1) is 10.7. The number of carbonyl (C=O) groups is 1. The Kier molecular flexibility index (Phi) is 2.89. The Morgan fingerprint density at radius 1 is 1.69 bits per heavy atom. The summed E-state index contributed by atoms with van der Waals surface area (Å²) < 4.78 is 0. The van der Waals surface area contributed by atoms with Gasteiger partial charge < -0.3 is 15.2 Å². The van der Waals surface area contributed by atoms with E-state index in [1.54, 1.807) is 11.9 Å². The first-order valence-electron chi connectivity index (χ1n) is 5.20. The molecule has 1 aliphatic carbocycles. The second-order valence-electron chi connectivity index (χ2n) is 3.97. The topological polar surface area (TPSA) is 78.1 Å². The highest BCUT2D eigenvalue weighted by Crippen LogP contribution is 2.18. The smallest absolute Gasteiger partial charge is 0.252 e. The number of rotatable bonds is 4. The Bertz CT molecular complexity index is 438. The number of aromatic amines is 1. The number of aromatic nitrogens is 2. The van der Waals surface area contributed by atoms with E-state index in [1.807, 2.05) is 0 Å². The van der Waals surface area contributed by atoms with Crippen LogP contribution in [0.5, 0.6) is 0 Å². The van der Waals surface area contributed by atoms with Crippen LogP contribution in [0.1, 0.15) is 12.8 Å². The third kappa shape index (κ3) is 2.82. The normalized spacial score (nSPS) is 14.6. The monoisotopic (exact) mass is 222 g/mol. The maximum Gasteiger partial charge on any atom is 0.252 e. The molecule has 2 N–H and O–H groups in total. The Morgan fingerprint density at radius 2 is 2.44 bits per heavy atom. The highest BCUT2D eigenvalue weighted by atomic mass is 16.2. The molecule has 1 amide bonds. The van der Waals surface area contributed by atoms with E-state index >= 15 is 0 Å². The van der Waals surface area contributed by atoms with Crippen molar-refractivity contribution in [2.24, 2.45) is 0 Å². The molecule has 0 unspecified atom stereocenters. The van der Waals surface area contributed by atoms with Crippen molar-refractivity contribution in [1.29, 1.82) is 0 Å². The second-order valence-corrected chi connectivity index (χ2v) is 3.97. The van der Waals surface area contributed by atoms with Gasteiger partial charge in [-0.3, -0.25) is 9.59 Å². The van der Waals surface area contributed by atoms with Crippen LogP contribution in [0, 0.1) is 0 Å². The van der Waals surface area contributed by atoms with Gasteiger partial charge in [-0.2, -0.15) is 0 Å². The number of carbonyl (C=O) groups excluding carboxylic acids is 1. The van der Waals surface area contributed by atoms with Crippen LogP contribution < -0.4 is 15.8 Å². The molecule has 0 radical (unpaired) electrons. The lowest BCUT2D eigenvalue weighted by Gasteiger charge is -2.16. The molecule has 1 heterocycles. The Hall–Kier alpha value is -1.85. The summed E-state index contributed by atoms with van der Waals surface area (Å²) in [6.45, 7) is 0.215. The minimum absolute atomic E-state index is 0.0351. The standard InChI is InChI=1S/C10H14N4O2/c1-14(5-10(16)13-7-2-3-7)8-4-9(15)12-6-11-8/h4,6-7H,2-3,5H2,1H3,(H,13,16)(H,11,12,15). The SMILES string of the molecule is CN(CC(=O)NC1CC1)c1cc(=O)[nH]cn1. The molecule has 0 aromatic carbocycles. The number of anilines is 1. The van der Waals surface area contributed by atoms with Gasteiger partial charge in [-0.15, -0.1) is 0 Å². The van der Waals surface area contributed by atoms with Crippen LogP contribution in [0.15, 0.2) is 17.2 Å².